The smallest absolute Gasteiger partial charge is 0.132 e. The number of methoxy groups -OCH3 is 1. The standard InChI is InChI=1S/C16H27N5O/c1-22-8-2-3-20-4-6-21(7-5-20)16-11-15(18-12-19-16)13-9-14(17)10-13/h11-14H,2-10,17H2,1H3. The van der Waals surface area contributed by atoms with Gasteiger partial charge in [0.1, 0.15) is 12.1 Å². The Balaban J connectivity index is 1.51. The highest BCUT2D eigenvalue weighted by molar-refractivity contribution is 5.40. The van der Waals surface area contributed by atoms with E-state index in [1.807, 2.05) is 0 Å². The monoisotopic (exact) mass is 305 g/mol. The number of anilines is 1. The number of aromatic nitrogens is 2. The first-order valence-corrected chi connectivity index (χ1v) is 8.30. The van der Waals surface area contributed by atoms with Crippen molar-refractivity contribution in [2.45, 2.75) is 31.2 Å². The molecule has 1 aliphatic carbocycles. The third-order valence-corrected chi connectivity index (χ3v) is 4.79. The topological polar surface area (TPSA) is 67.5 Å². The number of ether oxygens (including phenoxy) is 1. The van der Waals surface area contributed by atoms with Gasteiger partial charge < -0.3 is 15.4 Å². The Morgan fingerprint density at radius 1 is 1.23 bits per heavy atom. The fourth-order valence-corrected chi connectivity index (χ4v) is 3.29. The van der Waals surface area contributed by atoms with Gasteiger partial charge in [0.15, 0.2) is 0 Å². The van der Waals surface area contributed by atoms with Gasteiger partial charge in [-0.2, -0.15) is 0 Å². The molecule has 1 aliphatic heterocycles. The SMILES string of the molecule is COCCCN1CCN(c2cc(C3CC(N)C3)ncn2)CC1. The highest BCUT2D eigenvalue weighted by atomic mass is 16.5. The van der Waals surface area contributed by atoms with Crippen molar-refractivity contribution in [1.82, 2.24) is 14.9 Å². The van der Waals surface area contributed by atoms with Gasteiger partial charge in [0.05, 0.1) is 0 Å². The second-order valence-corrected chi connectivity index (χ2v) is 6.40. The van der Waals surface area contributed by atoms with Crippen molar-refractivity contribution in [3.8, 4) is 0 Å². The van der Waals surface area contributed by atoms with Crippen LogP contribution in [-0.4, -0.2) is 67.4 Å². The quantitative estimate of drug-likeness (QED) is 0.786. The minimum atomic E-state index is 0.360. The summed E-state index contributed by atoms with van der Waals surface area (Å²) in [7, 11) is 1.76. The molecule has 0 atom stereocenters. The van der Waals surface area contributed by atoms with E-state index in [9.17, 15) is 0 Å². The van der Waals surface area contributed by atoms with Crippen LogP contribution in [0.15, 0.2) is 12.4 Å². The van der Waals surface area contributed by atoms with Crippen molar-refractivity contribution >= 4 is 5.82 Å². The molecular formula is C16H27N5O. The second-order valence-electron chi connectivity index (χ2n) is 6.40. The van der Waals surface area contributed by atoms with Crippen LogP contribution < -0.4 is 10.6 Å². The molecule has 0 amide bonds. The Hall–Kier alpha value is -1.24. The first kappa shape index (κ1) is 15.6. The van der Waals surface area contributed by atoms with Crippen molar-refractivity contribution in [3.05, 3.63) is 18.1 Å². The number of rotatable bonds is 6. The van der Waals surface area contributed by atoms with Gasteiger partial charge in [-0.3, -0.25) is 4.90 Å². The molecule has 2 N–H and O–H groups in total. The average Bonchev–Trinajstić information content (AvgIpc) is 2.53. The van der Waals surface area contributed by atoms with Crippen LogP contribution in [0, 0.1) is 0 Å². The van der Waals surface area contributed by atoms with Crippen LogP contribution >= 0.6 is 0 Å². The normalized spacial score (nSPS) is 26.0. The predicted octanol–water partition coefficient (Wildman–Crippen LogP) is 0.840. The Labute approximate surface area is 132 Å². The van der Waals surface area contributed by atoms with Gasteiger partial charge in [-0.1, -0.05) is 0 Å². The maximum Gasteiger partial charge on any atom is 0.132 e. The molecule has 1 aromatic rings. The summed E-state index contributed by atoms with van der Waals surface area (Å²) in [5, 5.41) is 0. The summed E-state index contributed by atoms with van der Waals surface area (Å²) < 4.78 is 5.12. The molecule has 0 unspecified atom stereocenters. The highest BCUT2D eigenvalue weighted by Crippen LogP contribution is 2.35. The molecule has 0 radical (unpaired) electrons. The fraction of sp³-hybridized carbons (Fsp3) is 0.750. The van der Waals surface area contributed by atoms with Crippen molar-refractivity contribution in [1.29, 1.82) is 0 Å². The zero-order valence-electron chi connectivity index (χ0n) is 13.4. The maximum atomic E-state index is 5.88. The lowest BCUT2D eigenvalue weighted by Gasteiger charge is -2.36. The summed E-state index contributed by atoms with van der Waals surface area (Å²) in [6.45, 7) is 6.23. The lowest BCUT2D eigenvalue weighted by atomic mass is 9.78. The average molecular weight is 305 g/mol. The Morgan fingerprint density at radius 2 is 2.00 bits per heavy atom. The molecule has 3 rings (SSSR count). The summed E-state index contributed by atoms with van der Waals surface area (Å²) in [6.07, 6.45) is 4.93. The lowest BCUT2D eigenvalue weighted by Crippen LogP contribution is -2.47. The molecule has 6 nitrogen and oxygen atoms in total. The molecular weight excluding hydrogens is 278 g/mol. The van der Waals surface area contributed by atoms with Gasteiger partial charge in [0.25, 0.3) is 0 Å². The van der Waals surface area contributed by atoms with Gasteiger partial charge >= 0.3 is 0 Å². The van der Waals surface area contributed by atoms with Crippen LogP contribution in [0.2, 0.25) is 0 Å². The van der Waals surface area contributed by atoms with Gasteiger partial charge in [0.2, 0.25) is 0 Å². The van der Waals surface area contributed by atoms with E-state index >= 15 is 0 Å². The number of nitrogens with zero attached hydrogens (tertiary/aromatic N) is 4. The zero-order valence-corrected chi connectivity index (χ0v) is 13.4. The minimum Gasteiger partial charge on any atom is -0.385 e. The van der Waals surface area contributed by atoms with Gasteiger partial charge in [-0.05, 0) is 19.3 Å². The third kappa shape index (κ3) is 3.74. The molecule has 2 aliphatic rings. The van der Waals surface area contributed by atoms with Crippen LogP contribution in [0.5, 0.6) is 0 Å². The molecule has 0 spiro atoms. The van der Waals surface area contributed by atoms with Crippen LogP contribution in [0.4, 0.5) is 5.82 Å². The molecule has 0 aromatic carbocycles. The molecule has 22 heavy (non-hydrogen) atoms. The van der Waals surface area contributed by atoms with Crippen LogP contribution in [0.3, 0.4) is 0 Å². The van der Waals surface area contributed by atoms with E-state index in [0.29, 0.717) is 12.0 Å². The lowest BCUT2D eigenvalue weighted by molar-refractivity contribution is 0.169. The molecule has 2 heterocycles. The van der Waals surface area contributed by atoms with Crippen molar-refractivity contribution in [3.63, 3.8) is 0 Å². The van der Waals surface area contributed by atoms with E-state index in [1.54, 1.807) is 13.4 Å². The molecule has 1 aromatic heterocycles. The Morgan fingerprint density at radius 3 is 2.68 bits per heavy atom. The summed E-state index contributed by atoms with van der Waals surface area (Å²) in [6, 6.07) is 2.52. The van der Waals surface area contributed by atoms with Crippen molar-refractivity contribution < 1.29 is 4.74 Å². The Bertz CT molecular complexity index is 469. The fourth-order valence-electron chi connectivity index (χ4n) is 3.29. The van der Waals surface area contributed by atoms with E-state index in [1.165, 1.54) is 0 Å². The minimum absolute atomic E-state index is 0.360. The van der Waals surface area contributed by atoms with E-state index in [2.05, 4.69) is 25.8 Å². The van der Waals surface area contributed by atoms with E-state index < -0.39 is 0 Å². The largest absolute Gasteiger partial charge is 0.385 e. The van der Waals surface area contributed by atoms with Gasteiger partial charge in [-0.25, -0.2) is 9.97 Å². The molecule has 1 saturated carbocycles. The summed E-state index contributed by atoms with van der Waals surface area (Å²) in [4.78, 5) is 13.8. The number of nitrogens with two attached hydrogens (primary N) is 1. The van der Waals surface area contributed by atoms with Crippen LogP contribution in [0.25, 0.3) is 0 Å². The number of hydrogen-bond acceptors (Lipinski definition) is 6. The van der Waals surface area contributed by atoms with Gasteiger partial charge in [0, 0.05) is 70.2 Å². The molecule has 6 heteroatoms. The first-order valence-electron chi connectivity index (χ1n) is 8.30. The molecule has 2 fully saturated rings. The summed E-state index contributed by atoms with van der Waals surface area (Å²) in [5.74, 6) is 1.61. The van der Waals surface area contributed by atoms with Crippen molar-refractivity contribution in [2.75, 3.05) is 51.3 Å². The van der Waals surface area contributed by atoms with E-state index in [4.69, 9.17) is 10.5 Å². The summed E-state index contributed by atoms with van der Waals surface area (Å²) >= 11 is 0. The first-order chi connectivity index (χ1) is 10.8. The zero-order chi connectivity index (χ0) is 15.4. The highest BCUT2D eigenvalue weighted by Gasteiger charge is 2.29. The van der Waals surface area contributed by atoms with Gasteiger partial charge in [-0.15, -0.1) is 0 Å². The number of piperazine rings is 1. The second kappa shape index (κ2) is 7.35. The maximum absolute atomic E-state index is 5.88. The van der Waals surface area contributed by atoms with Crippen LogP contribution in [0.1, 0.15) is 30.9 Å². The van der Waals surface area contributed by atoms with Crippen molar-refractivity contribution in [2.24, 2.45) is 5.73 Å². The van der Waals surface area contributed by atoms with Crippen LogP contribution in [-0.2, 0) is 4.74 Å². The molecule has 1 saturated heterocycles. The van der Waals surface area contributed by atoms with E-state index in [-0.39, 0.29) is 0 Å². The van der Waals surface area contributed by atoms with E-state index in [0.717, 1.165) is 70.1 Å². The number of hydrogen-bond donors (Lipinski definition) is 1. The third-order valence-electron chi connectivity index (χ3n) is 4.79. The predicted molar refractivity (Wildman–Crippen MR) is 87.1 cm³/mol. The molecule has 0 bridgehead atoms. The summed E-state index contributed by atoms with van der Waals surface area (Å²) in [5.41, 5.74) is 7.05. The Kier molecular flexibility index (Phi) is 5.23. The molecule has 122 valence electrons.